The molecule has 4 amide bonds. The van der Waals surface area contributed by atoms with Gasteiger partial charge in [0.1, 0.15) is 30.0 Å². The monoisotopic (exact) mass is 795 g/mol. The van der Waals surface area contributed by atoms with Crippen molar-refractivity contribution < 1.29 is 56.7 Å². The second kappa shape index (κ2) is 20.9. The van der Waals surface area contributed by atoms with Crippen molar-refractivity contribution in [2.75, 3.05) is 86.1 Å². The van der Waals surface area contributed by atoms with E-state index in [0.717, 1.165) is 38.2 Å². The number of aliphatic hydroxyl groups excluding tert-OH is 1. The van der Waals surface area contributed by atoms with Crippen LogP contribution in [0, 0.1) is 17.6 Å². The van der Waals surface area contributed by atoms with E-state index >= 15 is 4.39 Å². The van der Waals surface area contributed by atoms with Crippen molar-refractivity contribution in [2.45, 2.75) is 77.5 Å². The van der Waals surface area contributed by atoms with Gasteiger partial charge in [-0.15, -0.1) is 0 Å². The van der Waals surface area contributed by atoms with Crippen LogP contribution in [0.25, 0.3) is 10.9 Å². The molecule has 2 atom stereocenters. The number of hydrogen-bond acceptors (Lipinski definition) is 10. The number of aromatic nitrogens is 1. The number of halogens is 2. The lowest BCUT2D eigenvalue weighted by Gasteiger charge is -2.39. The summed E-state index contributed by atoms with van der Waals surface area (Å²) in [6.07, 6.45) is 3.86. The van der Waals surface area contributed by atoms with E-state index in [2.05, 4.69) is 5.32 Å². The fourth-order valence-corrected chi connectivity index (χ4v) is 6.82. The smallest absolute Gasteiger partial charge is 0.410 e. The van der Waals surface area contributed by atoms with Crippen LogP contribution in [0.15, 0.2) is 12.1 Å². The predicted molar refractivity (Wildman–Crippen MR) is 202 cm³/mol. The number of rotatable bonds is 18. The summed E-state index contributed by atoms with van der Waals surface area (Å²) in [5, 5.41) is 11.9. The van der Waals surface area contributed by atoms with E-state index in [9.17, 15) is 23.6 Å². The standard InChI is InChI=1S/C39H59F2N5O10/c1-26(43(5)38(51)56-39(2,3)4)35(48)42-33(27-10-8-7-9-11-27)37(50)46-14-12-45(13-15-46)36(49)31-24-28-30(44(31)6)25-29(40)32(41)34(28)55-23-22-54-21-20-53-19-18-52-17-16-47/h24-27,33,47H,7-23H2,1-6H3,(H,42,48)/t26-,33-/m0/s1. The maximum atomic E-state index is 15.0. The first-order chi connectivity index (χ1) is 26.6. The second-order valence-electron chi connectivity index (χ2n) is 15.2. The number of amides is 4. The molecular weight excluding hydrogens is 736 g/mol. The van der Waals surface area contributed by atoms with Gasteiger partial charge in [0, 0.05) is 51.7 Å². The number of piperazine rings is 1. The number of hydrogen-bond donors (Lipinski definition) is 2. The largest absolute Gasteiger partial charge is 0.487 e. The summed E-state index contributed by atoms with van der Waals surface area (Å²) in [5.41, 5.74) is -0.272. The second-order valence-corrected chi connectivity index (χ2v) is 15.2. The molecule has 1 saturated heterocycles. The topological polar surface area (TPSA) is 161 Å². The van der Waals surface area contributed by atoms with E-state index in [0.29, 0.717) is 19.8 Å². The van der Waals surface area contributed by atoms with Crippen molar-refractivity contribution in [3.05, 3.63) is 29.5 Å². The molecule has 2 N–H and O–H groups in total. The van der Waals surface area contributed by atoms with Gasteiger partial charge in [0.15, 0.2) is 11.6 Å². The van der Waals surface area contributed by atoms with E-state index in [-0.39, 0.29) is 99.3 Å². The number of carbonyl (C=O) groups excluding carboxylic acids is 4. The summed E-state index contributed by atoms with van der Waals surface area (Å²) in [4.78, 5) is 58.5. The molecule has 0 unspecified atom stereocenters. The average molecular weight is 796 g/mol. The number of fused-ring (bicyclic) bond motifs is 1. The number of ether oxygens (including phenoxy) is 5. The third kappa shape index (κ3) is 12.0. The Bertz CT molecular complexity index is 1640. The lowest BCUT2D eigenvalue weighted by atomic mass is 9.83. The van der Waals surface area contributed by atoms with E-state index in [4.69, 9.17) is 28.8 Å². The maximum Gasteiger partial charge on any atom is 0.410 e. The third-order valence-electron chi connectivity index (χ3n) is 10.1. The Morgan fingerprint density at radius 2 is 1.46 bits per heavy atom. The average Bonchev–Trinajstić information content (AvgIpc) is 3.50. The molecule has 1 aromatic carbocycles. The summed E-state index contributed by atoms with van der Waals surface area (Å²) in [5.74, 6) is -3.76. The minimum Gasteiger partial charge on any atom is -0.487 e. The van der Waals surface area contributed by atoms with Crippen LogP contribution in [-0.4, -0.2) is 152 Å². The van der Waals surface area contributed by atoms with Crippen LogP contribution in [0.4, 0.5) is 13.6 Å². The number of carbonyl (C=O) groups is 4. The Morgan fingerprint density at radius 1 is 0.893 bits per heavy atom. The Balaban J connectivity index is 1.37. The highest BCUT2D eigenvalue weighted by Crippen LogP contribution is 2.34. The van der Waals surface area contributed by atoms with Gasteiger partial charge in [0.25, 0.3) is 5.91 Å². The van der Waals surface area contributed by atoms with Crippen LogP contribution in [0.2, 0.25) is 0 Å². The van der Waals surface area contributed by atoms with Gasteiger partial charge >= 0.3 is 6.09 Å². The first kappa shape index (κ1) is 44.7. The molecule has 0 bridgehead atoms. The molecule has 2 heterocycles. The SMILES string of the molecule is C[C@@H](C(=O)N[C@H](C(=O)N1CCN(C(=O)c2cc3c(OCCOCCOCCOCCO)c(F)c(F)cc3n2C)CC1)C1CCCCC1)N(C)C(=O)OC(C)(C)C. The number of aliphatic hydroxyl groups is 1. The molecule has 0 spiro atoms. The minimum atomic E-state index is -1.18. The van der Waals surface area contributed by atoms with E-state index in [1.54, 1.807) is 44.5 Å². The normalized spacial score (nSPS) is 16.4. The highest BCUT2D eigenvalue weighted by molar-refractivity contribution is 6.00. The highest BCUT2D eigenvalue weighted by Gasteiger charge is 2.38. The molecule has 1 aliphatic carbocycles. The van der Waals surface area contributed by atoms with Crippen molar-refractivity contribution in [2.24, 2.45) is 13.0 Å². The van der Waals surface area contributed by atoms with Gasteiger partial charge in [-0.1, -0.05) is 19.3 Å². The lowest BCUT2D eigenvalue weighted by Crippen LogP contribution is -2.59. The number of aryl methyl sites for hydroxylation is 1. The van der Waals surface area contributed by atoms with Gasteiger partial charge in [-0.25, -0.2) is 9.18 Å². The van der Waals surface area contributed by atoms with Gasteiger partial charge in [-0.05, 0) is 52.5 Å². The Hall–Kier alpha value is -4.06. The summed E-state index contributed by atoms with van der Waals surface area (Å²) >= 11 is 0. The lowest BCUT2D eigenvalue weighted by molar-refractivity contribution is -0.140. The van der Waals surface area contributed by atoms with Crippen LogP contribution in [0.5, 0.6) is 5.75 Å². The molecule has 0 radical (unpaired) electrons. The number of likely N-dealkylation sites (N-methyl/N-ethyl adjacent to an activating group) is 1. The zero-order valence-corrected chi connectivity index (χ0v) is 33.6. The zero-order chi connectivity index (χ0) is 41.0. The fraction of sp³-hybridized carbons (Fsp3) is 0.692. The van der Waals surface area contributed by atoms with Crippen LogP contribution in [-0.2, 0) is 35.6 Å². The van der Waals surface area contributed by atoms with Gasteiger partial charge in [-0.3, -0.25) is 19.3 Å². The van der Waals surface area contributed by atoms with E-state index in [1.807, 2.05) is 0 Å². The minimum absolute atomic E-state index is 0.0610. The number of nitrogens with zero attached hydrogens (tertiary/aromatic N) is 4. The van der Waals surface area contributed by atoms with Crippen LogP contribution >= 0.6 is 0 Å². The Kier molecular flexibility index (Phi) is 16.7. The Morgan fingerprint density at radius 3 is 2.05 bits per heavy atom. The summed E-state index contributed by atoms with van der Waals surface area (Å²) in [7, 11) is 3.08. The molecule has 1 aromatic heterocycles. The molecule has 2 aliphatic rings. The number of benzene rings is 1. The molecule has 56 heavy (non-hydrogen) atoms. The quantitative estimate of drug-likeness (QED) is 0.214. The van der Waals surface area contributed by atoms with Gasteiger partial charge in [-0.2, -0.15) is 4.39 Å². The van der Waals surface area contributed by atoms with Crippen LogP contribution in [0.3, 0.4) is 0 Å². The molecule has 2 fully saturated rings. The molecule has 314 valence electrons. The first-order valence-corrected chi connectivity index (χ1v) is 19.4. The fourth-order valence-electron chi connectivity index (χ4n) is 6.82. The maximum absolute atomic E-state index is 15.0. The van der Waals surface area contributed by atoms with Crippen molar-refractivity contribution in [1.82, 2.24) is 24.6 Å². The summed E-state index contributed by atoms with van der Waals surface area (Å²) in [6.45, 7) is 9.07. The third-order valence-corrected chi connectivity index (χ3v) is 10.1. The summed E-state index contributed by atoms with van der Waals surface area (Å²) in [6, 6.07) is 0.822. The van der Waals surface area contributed by atoms with Gasteiger partial charge in [0.2, 0.25) is 17.6 Å². The number of nitrogens with one attached hydrogen (secondary N) is 1. The molecule has 2 aromatic rings. The van der Waals surface area contributed by atoms with Crippen molar-refractivity contribution >= 4 is 34.7 Å². The zero-order valence-electron chi connectivity index (χ0n) is 33.6. The van der Waals surface area contributed by atoms with E-state index < -0.39 is 41.3 Å². The van der Waals surface area contributed by atoms with Crippen molar-refractivity contribution in [3.8, 4) is 5.75 Å². The first-order valence-electron chi connectivity index (χ1n) is 19.4. The predicted octanol–water partition coefficient (Wildman–Crippen LogP) is 3.48. The molecule has 4 rings (SSSR count). The summed E-state index contributed by atoms with van der Waals surface area (Å²) < 4.78 is 58.2. The van der Waals surface area contributed by atoms with Crippen molar-refractivity contribution in [1.29, 1.82) is 0 Å². The molecule has 1 aliphatic heterocycles. The Labute approximate surface area is 327 Å². The molecule has 1 saturated carbocycles. The van der Waals surface area contributed by atoms with E-state index in [1.165, 1.54) is 22.6 Å². The molecule has 15 nitrogen and oxygen atoms in total. The van der Waals surface area contributed by atoms with Gasteiger partial charge in [0.05, 0.1) is 51.8 Å². The molecular formula is C39H59F2N5O10. The van der Waals surface area contributed by atoms with Crippen molar-refractivity contribution in [3.63, 3.8) is 0 Å². The highest BCUT2D eigenvalue weighted by atomic mass is 19.2. The molecule has 17 heteroatoms. The van der Waals surface area contributed by atoms with Crippen LogP contribution in [0.1, 0.15) is 70.3 Å². The van der Waals surface area contributed by atoms with Crippen LogP contribution < -0.4 is 10.1 Å². The van der Waals surface area contributed by atoms with Gasteiger partial charge < -0.3 is 48.5 Å².